The van der Waals surface area contributed by atoms with Gasteiger partial charge in [-0.2, -0.15) is 0 Å². The Bertz CT molecular complexity index is 566. The minimum absolute atomic E-state index is 0.0864. The van der Waals surface area contributed by atoms with Gasteiger partial charge < -0.3 is 5.11 Å². The Kier molecular flexibility index (Phi) is 3.47. The highest BCUT2D eigenvalue weighted by molar-refractivity contribution is 8.01. The number of fused-ring (bicyclic) bond motifs is 2. The number of thioether (sulfide) groups is 1. The smallest absolute Gasteiger partial charge is 0.313 e. The van der Waals surface area contributed by atoms with Crippen molar-refractivity contribution in [3.63, 3.8) is 0 Å². The van der Waals surface area contributed by atoms with Crippen LogP contribution in [0.15, 0.2) is 4.34 Å². The van der Waals surface area contributed by atoms with Crippen LogP contribution in [0.4, 0.5) is 5.13 Å². The second-order valence-corrected chi connectivity index (χ2v) is 6.93. The Morgan fingerprint density at radius 2 is 1.95 bits per heavy atom. The first-order chi connectivity index (χ1) is 9.56. The van der Waals surface area contributed by atoms with Gasteiger partial charge >= 0.3 is 5.97 Å². The number of amides is 2. The molecule has 0 aromatic carbocycles. The van der Waals surface area contributed by atoms with Crippen molar-refractivity contribution in [1.29, 1.82) is 0 Å². The first-order valence-corrected chi connectivity index (χ1v) is 7.92. The molecule has 1 aliphatic carbocycles. The summed E-state index contributed by atoms with van der Waals surface area (Å²) in [5.41, 5.74) is 0. The number of piperidine rings is 1. The molecule has 2 atom stereocenters. The highest BCUT2D eigenvalue weighted by Crippen LogP contribution is 2.41. The van der Waals surface area contributed by atoms with Crippen LogP contribution >= 0.6 is 23.1 Å². The van der Waals surface area contributed by atoms with Crippen molar-refractivity contribution in [2.45, 2.75) is 23.6 Å². The molecule has 2 fully saturated rings. The fourth-order valence-corrected chi connectivity index (χ4v) is 4.14. The second kappa shape index (κ2) is 5.13. The summed E-state index contributed by atoms with van der Waals surface area (Å²) in [6.45, 7) is 0. The van der Waals surface area contributed by atoms with E-state index in [0.717, 1.165) is 40.8 Å². The minimum Gasteiger partial charge on any atom is -0.481 e. The monoisotopic (exact) mass is 313 g/mol. The van der Waals surface area contributed by atoms with E-state index in [-0.39, 0.29) is 34.5 Å². The van der Waals surface area contributed by atoms with Crippen molar-refractivity contribution < 1.29 is 19.5 Å². The summed E-state index contributed by atoms with van der Waals surface area (Å²) >= 11 is 2.11. The van der Waals surface area contributed by atoms with Crippen molar-refractivity contribution >= 4 is 46.0 Å². The summed E-state index contributed by atoms with van der Waals surface area (Å²) in [7, 11) is 0. The molecule has 2 bridgehead atoms. The van der Waals surface area contributed by atoms with Crippen molar-refractivity contribution in [2.24, 2.45) is 11.8 Å². The Morgan fingerprint density at radius 1 is 1.30 bits per heavy atom. The van der Waals surface area contributed by atoms with Gasteiger partial charge in [0.1, 0.15) is 0 Å². The topological polar surface area (TPSA) is 100 Å². The van der Waals surface area contributed by atoms with Crippen LogP contribution in [0, 0.1) is 11.8 Å². The maximum absolute atomic E-state index is 12.2. The third-order valence-electron chi connectivity index (χ3n) is 3.48. The van der Waals surface area contributed by atoms with E-state index in [1.165, 1.54) is 0 Å². The Morgan fingerprint density at radius 3 is 2.55 bits per heavy atom. The Hall–Kier alpha value is -1.48. The van der Waals surface area contributed by atoms with E-state index in [1.54, 1.807) is 0 Å². The van der Waals surface area contributed by atoms with Crippen LogP contribution in [-0.2, 0) is 14.4 Å². The number of nitrogens with zero attached hydrogens (tertiary/aromatic N) is 3. The Balaban J connectivity index is 1.80. The zero-order chi connectivity index (χ0) is 14.3. The van der Waals surface area contributed by atoms with E-state index in [1.807, 2.05) is 0 Å². The molecule has 9 heteroatoms. The molecule has 2 aliphatic rings. The molecule has 106 valence electrons. The van der Waals surface area contributed by atoms with Gasteiger partial charge in [-0.05, 0) is 19.3 Å². The highest BCUT2D eigenvalue weighted by Gasteiger charge is 2.47. The second-order valence-electron chi connectivity index (χ2n) is 4.75. The number of rotatable bonds is 4. The van der Waals surface area contributed by atoms with Crippen molar-refractivity contribution in [1.82, 2.24) is 10.2 Å². The third-order valence-corrected chi connectivity index (χ3v) is 5.50. The molecule has 1 N–H and O–H groups in total. The van der Waals surface area contributed by atoms with Gasteiger partial charge in [-0.15, -0.1) is 10.2 Å². The number of carbonyl (C=O) groups is 3. The molecule has 2 amide bonds. The van der Waals surface area contributed by atoms with E-state index in [2.05, 4.69) is 10.2 Å². The number of anilines is 1. The van der Waals surface area contributed by atoms with Crippen molar-refractivity contribution in [3.8, 4) is 0 Å². The summed E-state index contributed by atoms with van der Waals surface area (Å²) in [6, 6.07) is 0. The van der Waals surface area contributed by atoms with Gasteiger partial charge in [0.15, 0.2) is 4.34 Å². The number of carboxylic acids is 1. The molecular formula is C11H11N3O4S2. The number of hydrogen-bond acceptors (Lipinski definition) is 7. The summed E-state index contributed by atoms with van der Waals surface area (Å²) in [6.07, 6.45) is 2.16. The first kappa shape index (κ1) is 13.5. The Labute approximate surface area is 122 Å². The lowest BCUT2D eigenvalue weighted by molar-refractivity contribution is -0.134. The van der Waals surface area contributed by atoms with Crippen LogP contribution in [0.2, 0.25) is 0 Å². The molecule has 0 spiro atoms. The SMILES string of the molecule is O=C(O)CSc1nnc(N2C(=O)C3CCC(C3)C2=O)s1. The minimum atomic E-state index is -0.949. The standard InChI is InChI=1S/C11H11N3O4S2/c15-7(16)4-19-11-13-12-10(20-11)14-8(17)5-1-2-6(3-5)9(14)18/h5-6H,1-4H2,(H,15,16). The van der Waals surface area contributed by atoms with Crippen LogP contribution in [0.5, 0.6) is 0 Å². The fraction of sp³-hybridized carbons (Fsp3) is 0.545. The van der Waals surface area contributed by atoms with Crippen LogP contribution in [0.25, 0.3) is 0 Å². The van der Waals surface area contributed by atoms with Crippen molar-refractivity contribution in [2.75, 3.05) is 10.7 Å². The molecule has 2 unspecified atom stereocenters. The van der Waals surface area contributed by atoms with Gasteiger partial charge in [0.2, 0.25) is 16.9 Å². The third kappa shape index (κ3) is 2.31. The number of imide groups is 1. The van der Waals surface area contributed by atoms with Crippen LogP contribution in [0.1, 0.15) is 19.3 Å². The quantitative estimate of drug-likeness (QED) is 0.503. The predicted molar refractivity (Wildman–Crippen MR) is 71.6 cm³/mol. The molecule has 1 aromatic rings. The summed E-state index contributed by atoms with van der Waals surface area (Å²) in [5, 5.41) is 16.5. The lowest BCUT2D eigenvalue weighted by atomic mass is 9.98. The highest BCUT2D eigenvalue weighted by atomic mass is 32.2. The lowest BCUT2D eigenvalue weighted by Gasteiger charge is -2.26. The van der Waals surface area contributed by atoms with Gasteiger partial charge in [-0.3, -0.25) is 14.4 Å². The van der Waals surface area contributed by atoms with E-state index in [4.69, 9.17) is 5.11 Å². The van der Waals surface area contributed by atoms with Crippen molar-refractivity contribution in [3.05, 3.63) is 0 Å². The van der Waals surface area contributed by atoms with Gasteiger partial charge in [-0.1, -0.05) is 23.1 Å². The van der Waals surface area contributed by atoms with Crippen LogP contribution < -0.4 is 4.90 Å². The molecule has 20 heavy (non-hydrogen) atoms. The number of carbonyl (C=O) groups excluding carboxylic acids is 2. The summed E-state index contributed by atoms with van der Waals surface area (Å²) in [4.78, 5) is 36.1. The molecule has 2 heterocycles. The van der Waals surface area contributed by atoms with Crippen LogP contribution in [-0.4, -0.2) is 38.8 Å². The largest absolute Gasteiger partial charge is 0.481 e. The van der Waals surface area contributed by atoms with Gasteiger partial charge in [0.25, 0.3) is 0 Å². The molecule has 3 rings (SSSR count). The molecule has 1 saturated carbocycles. The van der Waals surface area contributed by atoms with Gasteiger partial charge in [0, 0.05) is 11.8 Å². The van der Waals surface area contributed by atoms with E-state index >= 15 is 0 Å². The number of aromatic nitrogens is 2. The predicted octanol–water partition coefficient (Wildman–Crippen LogP) is 1.00. The number of aliphatic carboxylic acids is 1. The summed E-state index contributed by atoms with van der Waals surface area (Å²) in [5.74, 6) is -1.64. The average Bonchev–Trinajstić information content (AvgIpc) is 3.03. The maximum Gasteiger partial charge on any atom is 0.313 e. The molecule has 1 saturated heterocycles. The van der Waals surface area contributed by atoms with E-state index in [9.17, 15) is 14.4 Å². The zero-order valence-corrected chi connectivity index (χ0v) is 11.9. The molecular weight excluding hydrogens is 302 g/mol. The summed E-state index contributed by atoms with van der Waals surface area (Å²) < 4.78 is 0.445. The first-order valence-electron chi connectivity index (χ1n) is 6.12. The van der Waals surface area contributed by atoms with E-state index in [0.29, 0.717) is 10.8 Å². The van der Waals surface area contributed by atoms with Gasteiger partial charge in [0.05, 0.1) is 5.75 Å². The maximum atomic E-state index is 12.2. The molecule has 0 radical (unpaired) electrons. The molecule has 1 aromatic heterocycles. The molecule has 1 aliphatic heterocycles. The average molecular weight is 313 g/mol. The lowest BCUT2D eigenvalue weighted by Crippen LogP contribution is -2.46. The fourth-order valence-electron chi connectivity index (χ4n) is 2.57. The zero-order valence-electron chi connectivity index (χ0n) is 10.3. The van der Waals surface area contributed by atoms with E-state index < -0.39 is 5.97 Å². The number of carboxylic acid groups (broad SMARTS) is 1. The number of hydrogen-bond donors (Lipinski definition) is 1. The molecule has 7 nitrogen and oxygen atoms in total. The normalized spacial score (nSPS) is 25.3. The van der Waals surface area contributed by atoms with Crippen LogP contribution in [0.3, 0.4) is 0 Å². The van der Waals surface area contributed by atoms with Gasteiger partial charge in [-0.25, -0.2) is 4.90 Å².